The van der Waals surface area contributed by atoms with Crippen LogP contribution in [0.2, 0.25) is 0 Å². The third-order valence-corrected chi connectivity index (χ3v) is 5.35. The summed E-state index contributed by atoms with van der Waals surface area (Å²) in [6.07, 6.45) is 4.42. The lowest BCUT2D eigenvalue weighted by Gasteiger charge is -2.10. The zero-order chi connectivity index (χ0) is 26.5. The molecule has 37 heavy (non-hydrogen) atoms. The van der Waals surface area contributed by atoms with Gasteiger partial charge in [-0.25, -0.2) is 10.2 Å². The van der Waals surface area contributed by atoms with Gasteiger partial charge in [0.15, 0.2) is 18.1 Å². The minimum Gasteiger partial charge on any atom is -0.494 e. The molecule has 0 fully saturated rings. The minimum absolute atomic E-state index is 0.160. The highest BCUT2D eigenvalue weighted by Crippen LogP contribution is 2.28. The molecule has 8 heteroatoms. The Bertz CT molecular complexity index is 1190. The molecule has 1 N–H and O–H groups in total. The molecule has 0 saturated carbocycles. The Morgan fingerprint density at radius 3 is 2.27 bits per heavy atom. The summed E-state index contributed by atoms with van der Waals surface area (Å²) < 4.78 is 22.0. The van der Waals surface area contributed by atoms with Crippen molar-refractivity contribution in [2.45, 2.75) is 33.1 Å². The average Bonchev–Trinajstić information content (AvgIpc) is 2.93. The van der Waals surface area contributed by atoms with E-state index < -0.39 is 11.9 Å². The average molecular weight is 505 g/mol. The molecule has 0 bridgehead atoms. The number of benzene rings is 3. The van der Waals surface area contributed by atoms with Gasteiger partial charge in [-0.2, -0.15) is 5.10 Å². The van der Waals surface area contributed by atoms with Crippen LogP contribution in [0.25, 0.3) is 0 Å². The van der Waals surface area contributed by atoms with E-state index in [2.05, 4.69) is 24.4 Å². The zero-order valence-electron chi connectivity index (χ0n) is 21.4. The van der Waals surface area contributed by atoms with E-state index in [1.807, 2.05) is 24.3 Å². The lowest BCUT2D eigenvalue weighted by molar-refractivity contribution is -0.123. The van der Waals surface area contributed by atoms with Crippen LogP contribution in [0.15, 0.2) is 71.8 Å². The number of esters is 1. The van der Waals surface area contributed by atoms with Crippen molar-refractivity contribution >= 4 is 18.1 Å². The highest BCUT2D eigenvalue weighted by atomic mass is 16.6. The number of unbranched alkanes of at least 4 members (excludes halogenated alkanes) is 1. The van der Waals surface area contributed by atoms with Crippen molar-refractivity contribution in [3.05, 3.63) is 83.4 Å². The second kappa shape index (κ2) is 14.3. The van der Waals surface area contributed by atoms with E-state index in [0.29, 0.717) is 35.0 Å². The van der Waals surface area contributed by atoms with Crippen molar-refractivity contribution in [3.8, 4) is 23.0 Å². The summed E-state index contributed by atoms with van der Waals surface area (Å²) in [6.45, 7) is 4.64. The summed E-state index contributed by atoms with van der Waals surface area (Å²) in [4.78, 5) is 24.6. The monoisotopic (exact) mass is 504 g/mol. The van der Waals surface area contributed by atoms with Crippen molar-refractivity contribution in [1.82, 2.24) is 5.43 Å². The largest absolute Gasteiger partial charge is 0.494 e. The molecule has 0 radical (unpaired) electrons. The first-order valence-electron chi connectivity index (χ1n) is 12.2. The van der Waals surface area contributed by atoms with Crippen LogP contribution in [0.3, 0.4) is 0 Å². The predicted molar refractivity (Wildman–Crippen MR) is 142 cm³/mol. The molecule has 0 aliphatic carbocycles. The summed E-state index contributed by atoms with van der Waals surface area (Å²) in [7, 11) is 1.47. The second-order valence-corrected chi connectivity index (χ2v) is 8.11. The third-order valence-electron chi connectivity index (χ3n) is 5.35. The normalized spacial score (nSPS) is 10.7. The van der Waals surface area contributed by atoms with Crippen molar-refractivity contribution < 1.29 is 28.5 Å². The zero-order valence-corrected chi connectivity index (χ0v) is 21.4. The fourth-order valence-electron chi connectivity index (χ4n) is 3.21. The molecule has 0 aliphatic heterocycles. The van der Waals surface area contributed by atoms with Crippen LogP contribution >= 0.6 is 0 Å². The number of hydrogen-bond donors (Lipinski definition) is 1. The molecular formula is C29H32N2O6. The van der Waals surface area contributed by atoms with E-state index >= 15 is 0 Å². The maximum atomic E-state index is 12.6. The molecule has 0 heterocycles. The maximum Gasteiger partial charge on any atom is 0.343 e. The Labute approximate surface area is 217 Å². The van der Waals surface area contributed by atoms with Gasteiger partial charge in [0.2, 0.25) is 0 Å². The van der Waals surface area contributed by atoms with Crippen LogP contribution in [-0.4, -0.2) is 38.4 Å². The molecule has 1 amide bonds. The first-order chi connectivity index (χ1) is 18.0. The van der Waals surface area contributed by atoms with Crippen molar-refractivity contribution in [2.24, 2.45) is 5.10 Å². The fraction of sp³-hybridized carbons (Fsp3) is 0.276. The third kappa shape index (κ3) is 8.68. The molecule has 3 aromatic carbocycles. The first kappa shape index (κ1) is 27.3. The summed E-state index contributed by atoms with van der Waals surface area (Å²) in [5, 5.41) is 3.95. The van der Waals surface area contributed by atoms with E-state index in [1.54, 1.807) is 42.5 Å². The maximum absolute atomic E-state index is 12.6. The number of ether oxygens (including phenoxy) is 4. The van der Waals surface area contributed by atoms with Gasteiger partial charge in [-0.3, -0.25) is 4.79 Å². The van der Waals surface area contributed by atoms with Crippen LogP contribution in [0.4, 0.5) is 0 Å². The van der Waals surface area contributed by atoms with Gasteiger partial charge >= 0.3 is 5.97 Å². The van der Waals surface area contributed by atoms with E-state index in [0.717, 1.165) is 19.3 Å². The van der Waals surface area contributed by atoms with E-state index in [-0.39, 0.29) is 12.4 Å². The van der Waals surface area contributed by atoms with Crippen LogP contribution in [0.5, 0.6) is 23.0 Å². The van der Waals surface area contributed by atoms with Crippen LogP contribution in [0.1, 0.15) is 48.2 Å². The molecule has 0 atom stereocenters. The number of hydrogen-bond acceptors (Lipinski definition) is 7. The summed E-state index contributed by atoms with van der Waals surface area (Å²) in [6, 6.07) is 19.3. The molecule has 194 valence electrons. The van der Waals surface area contributed by atoms with Gasteiger partial charge in [0.05, 0.1) is 25.5 Å². The Hall–Kier alpha value is -4.33. The van der Waals surface area contributed by atoms with E-state index in [9.17, 15) is 9.59 Å². The molecule has 0 spiro atoms. The van der Waals surface area contributed by atoms with Gasteiger partial charge in [-0.05, 0) is 78.6 Å². The molecule has 0 unspecified atom stereocenters. The van der Waals surface area contributed by atoms with Crippen LogP contribution in [-0.2, 0) is 11.2 Å². The number of nitrogens with one attached hydrogen (secondary N) is 1. The molecule has 8 nitrogen and oxygen atoms in total. The van der Waals surface area contributed by atoms with Gasteiger partial charge in [0, 0.05) is 0 Å². The Kier molecular flexibility index (Phi) is 10.5. The Morgan fingerprint density at radius 2 is 1.59 bits per heavy atom. The van der Waals surface area contributed by atoms with Crippen molar-refractivity contribution in [2.75, 3.05) is 20.3 Å². The summed E-state index contributed by atoms with van der Waals surface area (Å²) in [5.74, 6) is 1.02. The number of carbonyl (C=O) groups excluding carboxylic acids is 2. The SMILES string of the molecule is CCCCOc1ccc(C(=O)Oc2ccc(C=NNC(=O)COc3ccc(CC)cc3)cc2OC)cc1. The smallest absolute Gasteiger partial charge is 0.343 e. The number of amides is 1. The second-order valence-electron chi connectivity index (χ2n) is 8.11. The number of hydrazone groups is 1. The molecular weight excluding hydrogens is 472 g/mol. The van der Waals surface area contributed by atoms with Gasteiger partial charge in [-0.1, -0.05) is 32.4 Å². The van der Waals surface area contributed by atoms with Crippen molar-refractivity contribution in [3.63, 3.8) is 0 Å². The quantitative estimate of drug-likeness (QED) is 0.113. The number of aryl methyl sites for hydroxylation is 1. The van der Waals surface area contributed by atoms with Crippen LogP contribution < -0.4 is 24.4 Å². The van der Waals surface area contributed by atoms with Crippen molar-refractivity contribution in [1.29, 1.82) is 0 Å². The van der Waals surface area contributed by atoms with E-state index in [4.69, 9.17) is 18.9 Å². The molecule has 0 saturated heterocycles. The number of carbonyl (C=O) groups is 2. The van der Waals surface area contributed by atoms with E-state index in [1.165, 1.54) is 18.9 Å². The lowest BCUT2D eigenvalue weighted by Crippen LogP contribution is -2.24. The Morgan fingerprint density at radius 1 is 0.892 bits per heavy atom. The van der Waals surface area contributed by atoms with Gasteiger partial charge in [-0.15, -0.1) is 0 Å². The topological polar surface area (TPSA) is 95.5 Å². The summed E-state index contributed by atoms with van der Waals surface area (Å²) in [5.41, 5.74) is 4.64. The fourth-order valence-corrected chi connectivity index (χ4v) is 3.21. The predicted octanol–water partition coefficient (Wildman–Crippen LogP) is 5.18. The number of methoxy groups -OCH3 is 1. The lowest BCUT2D eigenvalue weighted by atomic mass is 10.2. The molecule has 3 aromatic rings. The first-order valence-corrected chi connectivity index (χ1v) is 12.2. The van der Waals surface area contributed by atoms with Gasteiger partial charge in [0.1, 0.15) is 11.5 Å². The Balaban J connectivity index is 1.51. The molecule has 0 aliphatic rings. The van der Waals surface area contributed by atoms with Crippen LogP contribution in [0, 0.1) is 0 Å². The molecule has 0 aromatic heterocycles. The number of rotatable bonds is 13. The van der Waals surface area contributed by atoms with Gasteiger partial charge < -0.3 is 18.9 Å². The summed E-state index contributed by atoms with van der Waals surface area (Å²) >= 11 is 0. The minimum atomic E-state index is -0.517. The van der Waals surface area contributed by atoms with Gasteiger partial charge in [0.25, 0.3) is 5.91 Å². The standard InChI is InChI=1S/C29H32N2O6/c1-4-6-17-35-24-14-10-23(11-15-24)29(33)37-26-16-9-22(18-27(26)34-3)19-30-31-28(32)20-36-25-12-7-21(5-2)8-13-25/h7-16,18-19H,4-6,17,20H2,1-3H3,(H,31,32). The highest BCUT2D eigenvalue weighted by Gasteiger charge is 2.13. The number of nitrogens with zero attached hydrogens (tertiary/aromatic N) is 1. The molecule has 3 rings (SSSR count). The highest BCUT2D eigenvalue weighted by molar-refractivity contribution is 5.92.